The molecule has 0 spiro atoms. The lowest BCUT2D eigenvalue weighted by Crippen LogP contribution is -2.79. The molecule has 0 aliphatic carbocycles. The molecule has 0 aromatic rings. The minimum Gasteiger partial charge on any atom is -0.550 e. The monoisotopic (exact) mass is 146 g/mol. The van der Waals surface area contributed by atoms with Crippen LogP contribution in [0, 0.1) is 0 Å². The average molecular weight is 146 g/mol. The lowest BCUT2D eigenvalue weighted by atomic mass is 10.0. The number of rotatable bonds is 3. The summed E-state index contributed by atoms with van der Waals surface area (Å²) >= 11 is 0. The molecule has 1 atom stereocenters. The molecule has 0 bridgehead atoms. The van der Waals surface area contributed by atoms with E-state index in [2.05, 4.69) is 5.73 Å². The molecule has 5 nitrogen and oxygen atoms in total. The number of hydrogen-bond donors (Lipinski definition) is 1. The first kappa shape index (κ1) is 8.90. The van der Waals surface area contributed by atoms with Crippen LogP contribution in [0.1, 0.15) is 13.3 Å². The van der Waals surface area contributed by atoms with Gasteiger partial charge in [-0.1, -0.05) is 0 Å². The van der Waals surface area contributed by atoms with E-state index in [0.717, 1.165) is 6.92 Å². The topological polar surface area (TPSA) is 108 Å². The van der Waals surface area contributed by atoms with Crippen LogP contribution in [-0.4, -0.2) is 17.5 Å². The van der Waals surface area contributed by atoms with E-state index in [0.29, 0.717) is 0 Å². The van der Waals surface area contributed by atoms with Gasteiger partial charge in [0, 0.05) is 12.4 Å². The highest BCUT2D eigenvalue weighted by molar-refractivity contribution is 5.80. The smallest absolute Gasteiger partial charge is 0.137 e. The van der Waals surface area contributed by atoms with E-state index >= 15 is 0 Å². The van der Waals surface area contributed by atoms with E-state index in [1.807, 2.05) is 0 Å². The van der Waals surface area contributed by atoms with E-state index in [9.17, 15) is 19.8 Å². The molecule has 0 radical (unpaired) electrons. The number of carbonyl (C=O) groups excluding carboxylic acids is 2. The lowest BCUT2D eigenvalue weighted by molar-refractivity contribution is -0.483. The molecule has 0 saturated heterocycles. The highest BCUT2D eigenvalue weighted by Gasteiger charge is 2.24. The van der Waals surface area contributed by atoms with Crippen molar-refractivity contribution < 1.29 is 25.5 Å². The van der Waals surface area contributed by atoms with Crippen LogP contribution in [0.4, 0.5) is 0 Å². The van der Waals surface area contributed by atoms with E-state index < -0.39 is 23.9 Å². The third-order valence-electron chi connectivity index (χ3n) is 1.03. The first-order chi connectivity index (χ1) is 4.36. The minimum absolute atomic E-state index is 0.630. The Kier molecular flexibility index (Phi) is 2.36. The molecule has 0 heterocycles. The molecule has 0 fully saturated rings. The number of aliphatic carboxylic acids is 2. The number of hydrogen-bond acceptors (Lipinski definition) is 4. The average Bonchev–Trinajstić information content (AvgIpc) is 1.60. The first-order valence-corrected chi connectivity index (χ1v) is 2.63. The van der Waals surface area contributed by atoms with Crippen molar-refractivity contribution in [1.29, 1.82) is 0 Å². The quantitative estimate of drug-likeness (QED) is 0.436. The second-order valence-corrected chi connectivity index (χ2v) is 2.40. The number of carboxylic acid groups (broad SMARTS) is 2. The Labute approximate surface area is 57.5 Å². The molecule has 58 valence electrons. The van der Waals surface area contributed by atoms with Crippen LogP contribution < -0.4 is 15.9 Å². The van der Waals surface area contributed by atoms with Crippen LogP contribution in [0.25, 0.3) is 0 Å². The Morgan fingerprint density at radius 3 is 2.00 bits per heavy atom. The maximum atomic E-state index is 10.1. The zero-order chi connectivity index (χ0) is 8.36. The summed E-state index contributed by atoms with van der Waals surface area (Å²) in [6.07, 6.45) is -0.630. The van der Waals surface area contributed by atoms with E-state index in [4.69, 9.17) is 0 Å². The van der Waals surface area contributed by atoms with Crippen molar-refractivity contribution in [2.45, 2.75) is 18.9 Å². The molecule has 0 aliphatic heterocycles. The van der Waals surface area contributed by atoms with Crippen molar-refractivity contribution in [3.05, 3.63) is 0 Å². The van der Waals surface area contributed by atoms with Gasteiger partial charge in [0.1, 0.15) is 11.5 Å². The fraction of sp³-hybridized carbons (Fsp3) is 0.600. The molecule has 5 heteroatoms. The van der Waals surface area contributed by atoms with E-state index in [-0.39, 0.29) is 0 Å². The van der Waals surface area contributed by atoms with Crippen molar-refractivity contribution in [3.8, 4) is 0 Å². The molecule has 0 aliphatic rings. The molecular formula is C5H8NO4-. The summed E-state index contributed by atoms with van der Waals surface area (Å²) < 4.78 is 0. The zero-order valence-corrected chi connectivity index (χ0v) is 5.55. The first-order valence-electron chi connectivity index (χ1n) is 2.63. The fourth-order valence-corrected chi connectivity index (χ4v) is 0.391. The zero-order valence-electron chi connectivity index (χ0n) is 5.55. The Bertz CT molecular complexity index is 163. The lowest BCUT2D eigenvalue weighted by Gasteiger charge is -2.21. The van der Waals surface area contributed by atoms with Crippen LogP contribution in [0.5, 0.6) is 0 Å². The van der Waals surface area contributed by atoms with E-state index in [1.165, 1.54) is 0 Å². The van der Waals surface area contributed by atoms with Crippen LogP contribution in [-0.2, 0) is 9.59 Å². The van der Waals surface area contributed by atoms with Crippen LogP contribution in [0.2, 0.25) is 0 Å². The van der Waals surface area contributed by atoms with Gasteiger partial charge in [0.25, 0.3) is 0 Å². The second kappa shape index (κ2) is 2.66. The Morgan fingerprint density at radius 2 is 1.90 bits per heavy atom. The second-order valence-electron chi connectivity index (χ2n) is 2.40. The van der Waals surface area contributed by atoms with Gasteiger partial charge in [-0.2, -0.15) is 0 Å². The van der Waals surface area contributed by atoms with Gasteiger partial charge in [0.2, 0.25) is 0 Å². The largest absolute Gasteiger partial charge is 0.550 e. The normalized spacial score (nSPS) is 15.8. The van der Waals surface area contributed by atoms with Gasteiger partial charge < -0.3 is 25.5 Å². The summed E-state index contributed by atoms with van der Waals surface area (Å²) in [4.78, 5) is 20.0. The van der Waals surface area contributed by atoms with Gasteiger partial charge in [0.05, 0.1) is 0 Å². The summed E-state index contributed by atoms with van der Waals surface area (Å²) in [7, 11) is 0. The summed E-state index contributed by atoms with van der Waals surface area (Å²) in [5.74, 6) is -2.93. The Morgan fingerprint density at radius 1 is 1.50 bits per heavy atom. The van der Waals surface area contributed by atoms with Gasteiger partial charge in [-0.3, -0.25) is 0 Å². The standard InChI is InChI=1S/C5H9NO4/c1-5(6,4(9)10)2-3(7)8/h2,6H2,1H3,(H,7,8)(H,9,10)/p-1. The SMILES string of the molecule is CC([NH3+])(CC(=O)[O-])C(=O)[O-]. The third kappa shape index (κ3) is 2.45. The van der Waals surface area contributed by atoms with E-state index in [1.54, 1.807) is 0 Å². The third-order valence-corrected chi connectivity index (χ3v) is 1.03. The van der Waals surface area contributed by atoms with Crippen molar-refractivity contribution in [2.24, 2.45) is 0 Å². The number of carboxylic acids is 2. The predicted octanol–water partition coefficient (Wildman–Crippen LogP) is -4.12. The number of quaternary nitrogens is 1. The van der Waals surface area contributed by atoms with Crippen molar-refractivity contribution >= 4 is 11.9 Å². The summed E-state index contributed by atoms with van der Waals surface area (Å²) in [6.45, 7) is 1.16. The summed E-state index contributed by atoms with van der Waals surface area (Å²) in [5.41, 5.74) is 1.54. The molecule has 0 rings (SSSR count). The Hall–Kier alpha value is -1.10. The van der Waals surface area contributed by atoms with Gasteiger partial charge in [-0.25, -0.2) is 0 Å². The van der Waals surface area contributed by atoms with Gasteiger partial charge >= 0.3 is 0 Å². The molecule has 1 unspecified atom stereocenters. The highest BCUT2D eigenvalue weighted by Crippen LogP contribution is 1.98. The van der Waals surface area contributed by atoms with Gasteiger partial charge in [0.15, 0.2) is 0 Å². The van der Waals surface area contributed by atoms with Crippen molar-refractivity contribution in [3.63, 3.8) is 0 Å². The minimum atomic E-state index is -1.58. The molecule has 10 heavy (non-hydrogen) atoms. The van der Waals surface area contributed by atoms with Crippen LogP contribution in [0.15, 0.2) is 0 Å². The maximum absolute atomic E-state index is 10.1. The van der Waals surface area contributed by atoms with Gasteiger partial charge in [-0.05, 0) is 6.92 Å². The number of carbonyl (C=O) groups is 2. The highest BCUT2D eigenvalue weighted by atomic mass is 16.4. The van der Waals surface area contributed by atoms with Gasteiger partial charge in [-0.15, -0.1) is 0 Å². The molecule has 3 N–H and O–H groups in total. The fourth-order valence-electron chi connectivity index (χ4n) is 0.391. The van der Waals surface area contributed by atoms with Crippen molar-refractivity contribution in [1.82, 2.24) is 0 Å². The molecule has 0 saturated carbocycles. The summed E-state index contributed by atoms with van der Waals surface area (Å²) in [5, 5.41) is 20.0. The van der Waals surface area contributed by atoms with Crippen LogP contribution in [0.3, 0.4) is 0 Å². The van der Waals surface area contributed by atoms with Crippen LogP contribution >= 0.6 is 0 Å². The molecular weight excluding hydrogens is 138 g/mol. The Balaban J connectivity index is 4.13. The molecule has 0 aromatic heterocycles. The molecule has 0 amide bonds. The van der Waals surface area contributed by atoms with Crippen molar-refractivity contribution in [2.75, 3.05) is 0 Å². The predicted molar refractivity (Wildman–Crippen MR) is 25.9 cm³/mol. The maximum Gasteiger partial charge on any atom is 0.137 e. The summed E-state index contributed by atoms with van der Waals surface area (Å²) in [6, 6.07) is 0. The molecule has 0 aromatic carbocycles.